The Labute approximate surface area is 146 Å². The maximum absolute atomic E-state index is 12.3. The lowest BCUT2D eigenvalue weighted by molar-refractivity contribution is -0.121. The summed E-state index contributed by atoms with van der Waals surface area (Å²) in [6.07, 6.45) is 1.42. The van der Waals surface area contributed by atoms with Crippen LogP contribution in [0.3, 0.4) is 0 Å². The molecule has 132 valence electrons. The molecule has 2 heterocycles. The van der Waals surface area contributed by atoms with Crippen molar-refractivity contribution in [1.82, 2.24) is 15.3 Å². The summed E-state index contributed by atoms with van der Waals surface area (Å²) >= 11 is 0. The lowest BCUT2D eigenvalue weighted by Gasteiger charge is -2.26. The van der Waals surface area contributed by atoms with E-state index in [0.717, 1.165) is 12.0 Å². The number of carbonyl (C=O) groups is 1. The number of hydrogen-bond acceptors (Lipinski definition) is 4. The number of ether oxygens (including phenoxy) is 1. The first-order valence-electron chi connectivity index (χ1n) is 8.63. The van der Waals surface area contributed by atoms with Gasteiger partial charge in [-0.05, 0) is 24.5 Å². The average Bonchev–Trinajstić information content (AvgIpc) is 2.62. The molecule has 0 aliphatic carbocycles. The summed E-state index contributed by atoms with van der Waals surface area (Å²) < 4.78 is 5.79. The number of hydrogen-bond donors (Lipinski definition) is 2. The van der Waals surface area contributed by atoms with Gasteiger partial charge in [-0.15, -0.1) is 0 Å². The normalized spacial score (nSPS) is 16.3. The fraction of sp³-hybridized carbons (Fsp3) is 0.421. The number of fused-ring (bicyclic) bond motifs is 1. The molecule has 2 N–H and O–H groups in total. The number of amides is 1. The number of nitrogens with zero attached hydrogens (tertiary/aromatic N) is 1. The molecule has 1 atom stereocenters. The van der Waals surface area contributed by atoms with Crippen molar-refractivity contribution in [3.05, 3.63) is 62.8 Å². The van der Waals surface area contributed by atoms with Gasteiger partial charge < -0.3 is 15.0 Å². The first-order valence-corrected chi connectivity index (χ1v) is 8.63. The van der Waals surface area contributed by atoms with E-state index in [9.17, 15) is 9.59 Å². The van der Waals surface area contributed by atoms with E-state index in [1.54, 1.807) is 6.92 Å². The zero-order chi connectivity index (χ0) is 17.8. The molecule has 25 heavy (non-hydrogen) atoms. The van der Waals surface area contributed by atoms with E-state index in [1.807, 2.05) is 25.1 Å². The number of carbonyl (C=O) groups excluding carboxylic acids is 1. The molecule has 2 aromatic rings. The molecule has 1 aromatic heterocycles. The highest BCUT2D eigenvalue weighted by Gasteiger charge is 2.21. The van der Waals surface area contributed by atoms with Crippen LogP contribution in [0, 0.1) is 6.92 Å². The molecule has 0 spiro atoms. The number of aryl methyl sites for hydroxylation is 2. The smallest absolute Gasteiger partial charge is 0.254 e. The van der Waals surface area contributed by atoms with E-state index in [4.69, 9.17) is 4.74 Å². The Balaban J connectivity index is 1.64. The Morgan fingerprint density at radius 2 is 2.20 bits per heavy atom. The van der Waals surface area contributed by atoms with Gasteiger partial charge in [-0.2, -0.15) is 0 Å². The van der Waals surface area contributed by atoms with Crippen molar-refractivity contribution in [1.29, 1.82) is 0 Å². The van der Waals surface area contributed by atoms with Gasteiger partial charge in [0.25, 0.3) is 5.56 Å². The van der Waals surface area contributed by atoms with Crippen LogP contribution in [-0.2, 0) is 28.8 Å². The van der Waals surface area contributed by atoms with Gasteiger partial charge in [0.2, 0.25) is 5.91 Å². The first kappa shape index (κ1) is 17.4. The number of benzene rings is 1. The summed E-state index contributed by atoms with van der Waals surface area (Å²) in [6.45, 7) is 4.73. The molecular formula is C19H23N3O3. The van der Waals surface area contributed by atoms with Crippen molar-refractivity contribution in [3.63, 3.8) is 0 Å². The Morgan fingerprint density at radius 1 is 1.40 bits per heavy atom. The molecule has 0 unspecified atom stereocenters. The molecule has 0 fully saturated rings. The molecule has 0 bridgehead atoms. The molecule has 1 aliphatic heterocycles. The molecule has 0 saturated carbocycles. The summed E-state index contributed by atoms with van der Waals surface area (Å²) in [5.41, 5.74) is 3.17. The largest absolute Gasteiger partial charge is 0.371 e. The second-order valence-corrected chi connectivity index (χ2v) is 6.22. The van der Waals surface area contributed by atoms with Crippen LogP contribution in [-0.4, -0.2) is 29.0 Å². The van der Waals surface area contributed by atoms with Crippen molar-refractivity contribution < 1.29 is 9.53 Å². The maximum Gasteiger partial charge on any atom is 0.254 e. The predicted molar refractivity (Wildman–Crippen MR) is 94.5 cm³/mol. The third-order valence-corrected chi connectivity index (χ3v) is 4.52. The molecular weight excluding hydrogens is 318 g/mol. The zero-order valence-corrected chi connectivity index (χ0v) is 14.6. The van der Waals surface area contributed by atoms with Crippen LogP contribution < -0.4 is 10.9 Å². The van der Waals surface area contributed by atoms with Gasteiger partial charge in [0, 0.05) is 24.2 Å². The van der Waals surface area contributed by atoms with Crippen LogP contribution >= 0.6 is 0 Å². The predicted octanol–water partition coefficient (Wildman–Crippen LogP) is 1.61. The molecule has 6 heteroatoms. The number of H-pyrrole nitrogens is 1. The lowest BCUT2D eigenvalue weighted by atomic mass is 9.97. The zero-order valence-electron chi connectivity index (χ0n) is 14.6. The van der Waals surface area contributed by atoms with E-state index in [1.165, 1.54) is 5.56 Å². The van der Waals surface area contributed by atoms with Gasteiger partial charge in [0.15, 0.2) is 0 Å². The quantitative estimate of drug-likeness (QED) is 0.865. The van der Waals surface area contributed by atoms with Crippen LogP contribution in [0.4, 0.5) is 0 Å². The fourth-order valence-corrected chi connectivity index (χ4v) is 3.12. The Hall–Kier alpha value is -2.47. The van der Waals surface area contributed by atoms with Gasteiger partial charge in [-0.1, -0.05) is 31.2 Å². The second-order valence-electron chi connectivity index (χ2n) is 6.22. The van der Waals surface area contributed by atoms with E-state index >= 15 is 0 Å². The average molecular weight is 341 g/mol. The number of aromatic amines is 1. The Kier molecular flexibility index (Phi) is 5.28. The fourth-order valence-electron chi connectivity index (χ4n) is 3.12. The van der Waals surface area contributed by atoms with Crippen LogP contribution in [0.2, 0.25) is 0 Å². The Bertz CT molecular complexity index is 829. The van der Waals surface area contributed by atoms with Crippen molar-refractivity contribution in [2.75, 3.05) is 13.2 Å². The van der Waals surface area contributed by atoms with Crippen molar-refractivity contribution >= 4 is 5.91 Å². The molecule has 0 saturated heterocycles. The van der Waals surface area contributed by atoms with Gasteiger partial charge in [-0.3, -0.25) is 9.59 Å². The third kappa shape index (κ3) is 3.96. The third-order valence-electron chi connectivity index (χ3n) is 4.52. The monoisotopic (exact) mass is 341 g/mol. The summed E-state index contributed by atoms with van der Waals surface area (Å²) in [5, 5.41) is 2.88. The first-order chi connectivity index (χ1) is 12.1. The van der Waals surface area contributed by atoms with Crippen LogP contribution in [0.1, 0.15) is 41.2 Å². The SMILES string of the molecule is CCc1nc(C)c(CC(=O)NC[C@@H]2OCCc3ccccc32)c(=O)[nH]1. The van der Waals surface area contributed by atoms with Gasteiger partial charge in [0.05, 0.1) is 13.0 Å². The highest BCUT2D eigenvalue weighted by Crippen LogP contribution is 2.26. The van der Waals surface area contributed by atoms with Crippen molar-refractivity contribution in [2.45, 2.75) is 39.2 Å². The standard InChI is InChI=1S/C19H23N3O3/c1-3-17-21-12(2)15(19(24)22-17)10-18(23)20-11-16-14-7-5-4-6-13(14)8-9-25-16/h4-7,16H,3,8-11H2,1-2H3,(H,20,23)(H,21,22,24)/t16-/m0/s1. The van der Waals surface area contributed by atoms with E-state index in [0.29, 0.717) is 36.7 Å². The minimum Gasteiger partial charge on any atom is -0.371 e. The summed E-state index contributed by atoms with van der Waals surface area (Å²) in [6, 6.07) is 8.12. The lowest BCUT2D eigenvalue weighted by Crippen LogP contribution is -2.34. The molecule has 1 aromatic carbocycles. The van der Waals surface area contributed by atoms with E-state index in [2.05, 4.69) is 21.4 Å². The summed E-state index contributed by atoms with van der Waals surface area (Å²) in [7, 11) is 0. The van der Waals surface area contributed by atoms with Crippen LogP contribution in [0.25, 0.3) is 0 Å². The number of rotatable bonds is 5. The van der Waals surface area contributed by atoms with Gasteiger partial charge in [0.1, 0.15) is 11.9 Å². The van der Waals surface area contributed by atoms with E-state index < -0.39 is 0 Å². The van der Waals surface area contributed by atoms with Gasteiger partial charge in [-0.25, -0.2) is 4.98 Å². The molecule has 1 amide bonds. The topological polar surface area (TPSA) is 84.1 Å². The number of aromatic nitrogens is 2. The van der Waals surface area contributed by atoms with Crippen LogP contribution in [0.15, 0.2) is 29.1 Å². The maximum atomic E-state index is 12.3. The highest BCUT2D eigenvalue weighted by atomic mass is 16.5. The van der Waals surface area contributed by atoms with Gasteiger partial charge >= 0.3 is 0 Å². The molecule has 3 rings (SSSR count). The summed E-state index contributed by atoms with van der Waals surface area (Å²) in [5.74, 6) is 0.435. The molecule has 0 radical (unpaired) electrons. The van der Waals surface area contributed by atoms with Crippen molar-refractivity contribution in [3.8, 4) is 0 Å². The van der Waals surface area contributed by atoms with Crippen LogP contribution in [0.5, 0.6) is 0 Å². The Morgan fingerprint density at radius 3 is 2.96 bits per heavy atom. The second kappa shape index (κ2) is 7.61. The summed E-state index contributed by atoms with van der Waals surface area (Å²) in [4.78, 5) is 31.4. The van der Waals surface area contributed by atoms with Crippen molar-refractivity contribution in [2.24, 2.45) is 0 Å². The van der Waals surface area contributed by atoms with E-state index in [-0.39, 0.29) is 24.0 Å². The minimum atomic E-state index is -0.237. The highest BCUT2D eigenvalue weighted by molar-refractivity contribution is 5.78. The number of nitrogens with one attached hydrogen (secondary N) is 2. The minimum absolute atomic E-state index is 0.0204. The molecule has 6 nitrogen and oxygen atoms in total. The molecule has 1 aliphatic rings.